The maximum absolute atomic E-state index is 2.45. The molecule has 0 fully saturated rings. The summed E-state index contributed by atoms with van der Waals surface area (Å²) in [5.41, 5.74) is 16.8. The summed E-state index contributed by atoms with van der Waals surface area (Å²) in [7, 11) is -3.38. The van der Waals surface area contributed by atoms with Crippen LogP contribution in [-0.2, 0) is 31.1 Å². The van der Waals surface area contributed by atoms with Crippen LogP contribution in [-0.4, -0.2) is 169 Å². The Hall–Kier alpha value is -4.55. The van der Waals surface area contributed by atoms with Gasteiger partial charge < -0.3 is 0 Å². The minimum atomic E-state index is -1.14. The molecule has 0 aliphatic carbocycles. The SMILES string of the molecule is Cc1[se]c2cc(C(C)(C)C)ccc2c1C.Cc1[se]c2cc(CC(C)(C)C)ccc2c1C.Cc1[se]c2ccc(CC(C)(C)C)cc2c1C.Cc1[se]c2ccc([Si](C)(C)C)cc2c1C.Cc1[se]c2ccccc2c1C.Cc1cc2cc(CC(C)(C)C)ccc2[se]1.Cc1cc2cc([Si](C)(C)C)ccc2[se]1.Cc1cc2ccc(CC(C)(C)C)cc2[se]1.Cc1cc2ccc([Si](C)(C)C)cc2[se]1.Cc1cc2ccccc2[se]1. The summed E-state index contributed by atoms with van der Waals surface area (Å²) < 4.78 is 31.4. The van der Waals surface area contributed by atoms with E-state index in [1.807, 2.05) is 0 Å². The molecule has 0 atom stereocenters. The van der Waals surface area contributed by atoms with Crippen molar-refractivity contribution in [2.24, 2.45) is 21.7 Å². The molecule has 0 saturated carbocycles. The van der Waals surface area contributed by atoms with Gasteiger partial charge in [0.25, 0.3) is 0 Å². The van der Waals surface area contributed by atoms with E-state index >= 15 is 0 Å². The van der Waals surface area contributed by atoms with Crippen molar-refractivity contribution in [2.75, 3.05) is 0 Å². The van der Waals surface area contributed by atoms with Crippen molar-refractivity contribution in [1.29, 1.82) is 0 Å². The van der Waals surface area contributed by atoms with Gasteiger partial charge in [-0.1, -0.05) is 0 Å². The molecule has 13 heteroatoms. The second-order valence-electron chi connectivity index (χ2n) is 48.0. The second-order valence-corrected chi connectivity index (χ2v) is 89.9. The monoisotopic (exact) mass is 2580 g/mol. The molecule has 0 unspecified atom stereocenters. The Kier molecular flexibility index (Phi) is 40.6. The fraction of sp³-hybridized carbons (Fsp3) is 0.375. The summed E-state index contributed by atoms with van der Waals surface area (Å²) in [6, 6.07) is 85.5. The van der Waals surface area contributed by atoms with Crippen LogP contribution in [0.3, 0.4) is 0 Å². The summed E-state index contributed by atoms with van der Waals surface area (Å²) in [6.07, 6.45) is 4.68. The van der Waals surface area contributed by atoms with Crippen molar-refractivity contribution in [3.8, 4) is 0 Å². The van der Waals surface area contributed by atoms with Gasteiger partial charge in [-0.2, -0.15) is 0 Å². The summed E-state index contributed by atoms with van der Waals surface area (Å²) in [4.78, 5) is 0. The van der Waals surface area contributed by atoms with Crippen LogP contribution in [0.15, 0.2) is 224 Å². The molecule has 0 N–H and O–H groups in total. The Morgan fingerprint density at radius 2 is 0.461 bits per heavy atom. The molecule has 10 aromatic carbocycles. The number of rotatable bonds is 7. The predicted molar refractivity (Wildman–Crippen MR) is 660 cm³/mol. The molecule has 141 heavy (non-hydrogen) atoms. The average Bonchev–Trinajstić information content (AvgIpc) is 1.65. The van der Waals surface area contributed by atoms with Crippen molar-refractivity contribution in [3.63, 3.8) is 0 Å². The van der Waals surface area contributed by atoms with Gasteiger partial charge in [0.05, 0.1) is 0 Å². The maximum atomic E-state index is 2.45. The molecule has 0 nitrogen and oxygen atoms in total. The third-order valence-electron chi connectivity index (χ3n) is 25.6. The molecule has 0 amide bonds. The molecular weight excluding hydrogens is 2410 g/mol. The molecule has 746 valence electrons. The van der Waals surface area contributed by atoms with E-state index in [0.29, 0.717) is 167 Å². The van der Waals surface area contributed by atoms with Gasteiger partial charge in [0.1, 0.15) is 0 Å². The summed E-state index contributed by atoms with van der Waals surface area (Å²) >= 11 is 5.94. The van der Waals surface area contributed by atoms with E-state index < -0.39 is 24.2 Å². The number of hydrogen-bond acceptors (Lipinski definition) is 0. The van der Waals surface area contributed by atoms with Gasteiger partial charge in [-0.3, -0.25) is 0 Å². The molecule has 0 aliphatic rings. The molecule has 0 aliphatic heterocycles. The predicted octanol–water partition coefficient (Wildman–Crippen LogP) is 32.9. The van der Waals surface area contributed by atoms with E-state index in [0.717, 1.165) is 0 Å². The normalized spacial score (nSPS) is 12.0. The zero-order chi connectivity index (χ0) is 104. The first-order chi connectivity index (χ1) is 65.5. The van der Waals surface area contributed by atoms with Crippen LogP contribution in [0, 0.1) is 126 Å². The van der Waals surface area contributed by atoms with Gasteiger partial charge in [0, 0.05) is 0 Å². The number of hydrogen-bond donors (Lipinski definition) is 0. The molecule has 20 aromatic rings. The molecule has 0 saturated heterocycles. The molecule has 20 rings (SSSR count). The van der Waals surface area contributed by atoms with E-state index in [4.69, 9.17) is 0 Å². The third-order valence-corrected chi connectivity index (χ3v) is 54.8. The van der Waals surface area contributed by atoms with Crippen molar-refractivity contribution in [3.05, 3.63) is 324 Å². The minimum absolute atomic E-state index is 0.273. The first kappa shape index (κ1) is 117. The first-order valence-corrected chi connectivity index (χ1v) is 78.0. The third kappa shape index (κ3) is 34.2. The number of aryl methyl sites for hydroxylation is 15. The molecule has 10 heterocycles. The summed E-state index contributed by atoms with van der Waals surface area (Å²) in [5.74, 6) is 0. The zero-order valence-corrected chi connectivity index (χ0v) is 113. The fourth-order valence-electron chi connectivity index (χ4n) is 17.4. The summed E-state index contributed by atoms with van der Waals surface area (Å²) in [5, 5.41) is 19.6. The van der Waals surface area contributed by atoms with Crippen molar-refractivity contribution in [1.82, 2.24) is 0 Å². The van der Waals surface area contributed by atoms with Gasteiger partial charge >= 0.3 is 925 Å². The van der Waals surface area contributed by atoms with E-state index in [1.54, 1.807) is 93.8 Å². The van der Waals surface area contributed by atoms with Crippen LogP contribution in [0.2, 0.25) is 58.9 Å². The van der Waals surface area contributed by atoms with Crippen LogP contribution in [0.4, 0.5) is 0 Å². The van der Waals surface area contributed by atoms with Crippen molar-refractivity contribution in [2.45, 2.75) is 298 Å². The Morgan fingerprint density at radius 3 is 0.894 bits per heavy atom. The fourth-order valence-corrected chi connectivity index (χ4v) is 42.3. The number of fused-ring (bicyclic) bond motifs is 10. The Morgan fingerprint density at radius 1 is 0.191 bits per heavy atom. The van der Waals surface area contributed by atoms with Gasteiger partial charge in [0.2, 0.25) is 0 Å². The van der Waals surface area contributed by atoms with E-state index in [1.165, 1.54) is 144 Å². The van der Waals surface area contributed by atoms with Crippen LogP contribution < -0.4 is 15.6 Å². The first-order valence-electron chi connectivity index (χ1n) is 50.4. The van der Waals surface area contributed by atoms with Gasteiger partial charge in [-0.25, -0.2) is 0 Å². The second kappa shape index (κ2) is 49.0. The quantitative estimate of drug-likeness (QED) is 0.140. The molecule has 10 aromatic heterocycles. The van der Waals surface area contributed by atoms with E-state index in [-0.39, 0.29) is 5.41 Å². The van der Waals surface area contributed by atoms with Crippen LogP contribution in [0.25, 0.3) is 96.5 Å². The Bertz CT molecular complexity index is 7410. The van der Waals surface area contributed by atoms with E-state index in [2.05, 4.69) is 491 Å². The summed E-state index contributed by atoms with van der Waals surface area (Å²) in [6.45, 7) is 90.0. The molecule has 0 bridgehead atoms. The van der Waals surface area contributed by atoms with Crippen LogP contribution >= 0.6 is 0 Å². The standard InChI is InChI=1S/2C15H20Se.3C14H18Se.C13H18SeSi.2C12H16SeSi.C10H10Se.C9H8Se/c1-10-11(2)16-14-7-6-12(8-13(10)14)9-15(3,4)5;1-10-11(2)16-14-8-12(6-7-13(10)14)9-15(3,4)5;1-9-10(2)15-13-8-11(14(3,4)5)6-7-12(9)13;1-10-7-12-8-11(9-14(2,3)4)5-6-13(12)15-10;1-10-7-12-6-5-11(8-13(12)15-10)9-14(2,3)4;1-9-10(2)14-13-7-6-11(8-12(9)13)15(3,4)5;1-9-7-10-8-11(14(2,3)4)5-6-12(10)13-9;1-9-7-10-5-6-11(14(2,3)4)8-12(10)13-9;1-7-8(2)11-10-6-4-3-5-9(7)10;1-7-6-8-4-2-3-5-9(8)10-7/h2*6-8H,9H2,1-5H3;6-8H,1-5H3;2*5-8H,9H2,1-4H3;6-8H,1-5H3;2*5-8H,1-4H3;3-6H,1-2H3;2-6H,1H3. The zero-order valence-electron chi connectivity index (χ0n) is 92.8. The topological polar surface area (TPSA) is 0 Å². The van der Waals surface area contributed by atoms with Crippen molar-refractivity contribution < 1.29 is 0 Å². The van der Waals surface area contributed by atoms with E-state index in [9.17, 15) is 0 Å². The van der Waals surface area contributed by atoms with Gasteiger partial charge in [0.15, 0.2) is 0 Å². The Labute approximate surface area is 914 Å². The van der Waals surface area contributed by atoms with Gasteiger partial charge in [-0.15, -0.1) is 0 Å². The van der Waals surface area contributed by atoms with Crippen LogP contribution in [0.1, 0.15) is 204 Å². The Balaban J connectivity index is 0.000000150. The molecular formula is C128H162Se10Si3. The van der Waals surface area contributed by atoms with Crippen LogP contribution in [0.5, 0.6) is 0 Å². The molecule has 0 spiro atoms. The average molecular weight is 2570 g/mol. The number of benzene rings is 10. The van der Waals surface area contributed by atoms with Crippen molar-refractivity contribution >= 4 is 281 Å². The van der Waals surface area contributed by atoms with Gasteiger partial charge in [-0.05, 0) is 0 Å². The molecule has 0 radical (unpaired) electrons.